The van der Waals surface area contributed by atoms with E-state index in [4.69, 9.17) is 16.2 Å². The van der Waals surface area contributed by atoms with Gasteiger partial charge in [-0.05, 0) is 35.9 Å². The molecule has 5 N–H and O–H groups in total. The van der Waals surface area contributed by atoms with Crippen LogP contribution in [0.25, 0.3) is 16.8 Å². The first-order valence-electron chi connectivity index (χ1n) is 7.79. The number of ether oxygens (including phenoxy) is 1. The number of methoxy groups -OCH3 is 1. The molecule has 27 heavy (non-hydrogen) atoms. The van der Waals surface area contributed by atoms with E-state index in [-0.39, 0.29) is 17.2 Å². The fraction of sp³-hybridized carbons (Fsp3) is 0.0556. The highest BCUT2D eigenvalue weighted by molar-refractivity contribution is 6.01. The third-order valence-electron chi connectivity index (χ3n) is 3.83. The number of hydrogen-bond acceptors (Lipinski definition) is 4. The standard InChI is InChI=1S/C18H16FN5O3/c1-27-15-7-4-11(19)8-13(15)10-2-5-12(6-3-10)24-9-14(16(20)25)17(23-24)22-18(21)26/h2-9H,1H3,(H2,20,25)(H3,21,22,23,26). The molecule has 0 saturated carbocycles. The molecule has 0 unspecified atom stereocenters. The lowest BCUT2D eigenvalue weighted by atomic mass is 10.0. The molecule has 0 aliphatic carbocycles. The van der Waals surface area contributed by atoms with Gasteiger partial charge in [0.1, 0.15) is 17.1 Å². The van der Waals surface area contributed by atoms with Gasteiger partial charge in [-0.25, -0.2) is 13.9 Å². The van der Waals surface area contributed by atoms with Crippen LogP contribution in [0.15, 0.2) is 48.7 Å². The number of amides is 3. The Bertz CT molecular complexity index is 1010. The molecule has 138 valence electrons. The summed E-state index contributed by atoms with van der Waals surface area (Å²) in [4.78, 5) is 22.6. The molecule has 0 radical (unpaired) electrons. The Morgan fingerprint density at radius 1 is 1.15 bits per heavy atom. The second-order valence-corrected chi connectivity index (χ2v) is 5.58. The van der Waals surface area contributed by atoms with Gasteiger partial charge in [0, 0.05) is 11.8 Å². The highest BCUT2D eigenvalue weighted by Gasteiger charge is 2.16. The lowest BCUT2D eigenvalue weighted by Gasteiger charge is -2.09. The smallest absolute Gasteiger partial charge is 0.317 e. The molecule has 3 amide bonds. The number of carbonyl (C=O) groups is 2. The lowest BCUT2D eigenvalue weighted by Crippen LogP contribution is -2.22. The molecule has 9 heteroatoms. The minimum Gasteiger partial charge on any atom is -0.496 e. The van der Waals surface area contributed by atoms with Crippen LogP contribution in [0, 0.1) is 5.82 Å². The average molecular weight is 369 g/mol. The van der Waals surface area contributed by atoms with E-state index in [1.54, 1.807) is 30.3 Å². The second kappa shape index (κ2) is 7.16. The number of carbonyl (C=O) groups excluding carboxylic acids is 2. The van der Waals surface area contributed by atoms with Gasteiger partial charge in [0.25, 0.3) is 5.91 Å². The highest BCUT2D eigenvalue weighted by atomic mass is 19.1. The molecular formula is C18H16FN5O3. The maximum atomic E-state index is 13.6. The number of primary amides is 2. The van der Waals surface area contributed by atoms with Crippen molar-refractivity contribution >= 4 is 17.8 Å². The Morgan fingerprint density at radius 2 is 1.85 bits per heavy atom. The van der Waals surface area contributed by atoms with Crippen molar-refractivity contribution in [2.75, 3.05) is 12.4 Å². The summed E-state index contributed by atoms with van der Waals surface area (Å²) in [5.74, 6) is -0.639. The van der Waals surface area contributed by atoms with Gasteiger partial charge in [0.05, 0.1) is 12.8 Å². The van der Waals surface area contributed by atoms with E-state index in [1.807, 2.05) is 0 Å². The van der Waals surface area contributed by atoms with E-state index in [9.17, 15) is 14.0 Å². The van der Waals surface area contributed by atoms with Gasteiger partial charge in [0.15, 0.2) is 5.82 Å². The third kappa shape index (κ3) is 3.71. The summed E-state index contributed by atoms with van der Waals surface area (Å²) < 4.78 is 20.2. The summed E-state index contributed by atoms with van der Waals surface area (Å²) in [7, 11) is 1.51. The van der Waals surface area contributed by atoms with Crippen molar-refractivity contribution in [3.05, 3.63) is 60.0 Å². The number of halogens is 1. The monoisotopic (exact) mass is 369 g/mol. The van der Waals surface area contributed by atoms with E-state index in [0.717, 1.165) is 5.56 Å². The Morgan fingerprint density at radius 3 is 2.44 bits per heavy atom. The maximum Gasteiger partial charge on any atom is 0.317 e. The summed E-state index contributed by atoms with van der Waals surface area (Å²) in [5, 5.41) is 6.36. The predicted octanol–water partition coefficient (Wildman–Crippen LogP) is 2.28. The van der Waals surface area contributed by atoms with Gasteiger partial charge < -0.3 is 16.2 Å². The van der Waals surface area contributed by atoms with Crippen molar-refractivity contribution in [3.63, 3.8) is 0 Å². The minimum atomic E-state index is -0.865. The van der Waals surface area contributed by atoms with Crippen molar-refractivity contribution in [2.24, 2.45) is 11.5 Å². The SMILES string of the molecule is COc1ccc(F)cc1-c1ccc(-n2cc(C(N)=O)c(NC(N)=O)n2)cc1. The minimum absolute atomic E-state index is 0.0182. The summed E-state index contributed by atoms with van der Waals surface area (Å²) in [6.45, 7) is 0. The summed E-state index contributed by atoms with van der Waals surface area (Å²) in [5.41, 5.74) is 12.3. The van der Waals surface area contributed by atoms with Crippen molar-refractivity contribution < 1.29 is 18.7 Å². The van der Waals surface area contributed by atoms with Crippen molar-refractivity contribution in [2.45, 2.75) is 0 Å². The summed E-state index contributed by atoms with van der Waals surface area (Å²) >= 11 is 0. The van der Waals surface area contributed by atoms with Crippen LogP contribution in [-0.4, -0.2) is 28.8 Å². The van der Waals surface area contributed by atoms with Crippen molar-refractivity contribution in [3.8, 4) is 22.6 Å². The zero-order chi connectivity index (χ0) is 19.6. The van der Waals surface area contributed by atoms with Crippen molar-refractivity contribution in [1.82, 2.24) is 9.78 Å². The van der Waals surface area contributed by atoms with Gasteiger partial charge >= 0.3 is 6.03 Å². The normalized spacial score (nSPS) is 10.4. The number of nitrogens with one attached hydrogen (secondary N) is 1. The van der Waals surface area contributed by atoms with Crippen LogP contribution in [-0.2, 0) is 0 Å². The molecule has 2 aromatic carbocycles. The molecule has 0 fully saturated rings. The van der Waals surface area contributed by atoms with Gasteiger partial charge in [-0.1, -0.05) is 12.1 Å². The molecule has 3 aromatic rings. The average Bonchev–Trinajstić information content (AvgIpc) is 3.05. The highest BCUT2D eigenvalue weighted by Crippen LogP contribution is 2.31. The first-order valence-corrected chi connectivity index (χ1v) is 7.79. The van der Waals surface area contributed by atoms with Crippen LogP contribution in [0.2, 0.25) is 0 Å². The lowest BCUT2D eigenvalue weighted by molar-refractivity contribution is 0.100. The van der Waals surface area contributed by atoms with Crippen LogP contribution in [0.4, 0.5) is 15.0 Å². The predicted molar refractivity (Wildman–Crippen MR) is 97.2 cm³/mol. The molecule has 0 spiro atoms. The molecule has 3 rings (SSSR count). The first-order chi connectivity index (χ1) is 12.9. The van der Waals surface area contributed by atoms with Gasteiger partial charge in [-0.3, -0.25) is 10.1 Å². The Kier molecular flexibility index (Phi) is 4.75. The number of aromatic nitrogens is 2. The van der Waals surface area contributed by atoms with Crippen LogP contribution in [0.1, 0.15) is 10.4 Å². The number of nitrogens with two attached hydrogens (primary N) is 2. The Balaban J connectivity index is 1.98. The van der Waals surface area contributed by atoms with E-state index < -0.39 is 11.9 Å². The number of anilines is 1. The molecule has 0 aliphatic heterocycles. The molecule has 1 heterocycles. The molecule has 0 saturated heterocycles. The first kappa shape index (κ1) is 17.9. The zero-order valence-corrected chi connectivity index (χ0v) is 14.3. The number of hydrogen-bond donors (Lipinski definition) is 3. The molecule has 8 nitrogen and oxygen atoms in total. The van der Waals surface area contributed by atoms with Crippen LogP contribution < -0.4 is 21.5 Å². The molecule has 0 atom stereocenters. The zero-order valence-electron chi connectivity index (χ0n) is 14.3. The summed E-state index contributed by atoms with van der Waals surface area (Å²) in [6.07, 6.45) is 1.38. The molecule has 1 aromatic heterocycles. The van der Waals surface area contributed by atoms with Crippen LogP contribution >= 0.6 is 0 Å². The van der Waals surface area contributed by atoms with Crippen LogP contribution in [0.5, 0.6) is 5.75 Å². The van der Waals surface area contributed by atoms with Crippen LogP contribution in [0.3, 0.4) is 0 Å². The number of nitrogens with zero attached hydrogens (tertiary/aromatic N) is 2. The van der Waals surface area contributed by atoms with Gasteiger partial charge in [0.2, 0.25) is 0 Å². The van der Waals surface area contributed by atoms with E-state index in [2.05, 4.69) is 10.4 Å². The quantitative estimate of drug-likeness (QED) is 0.638. The second-order valence-electron chi connectivity index (χ2n) is 5.58. The van der Waals surface area contributed by atoms with E-state index in [1.165, 1.54) is 30.1 Å². The van der Waals surface area contributed by atoms with Gasteiger partial charge in [-0.2, -0.15) is 0 Å². The number of benzene rings is 2. The van der Waals surface area contributed by atoms with E-state index in [0.29, 0.717) is 17.0 Å². The molecule has 0 aliphatic rings. The van der Waals surface area contributed by atoms with Crippen molar-refractivity contribution in [1.29, 1.82) is 0 Å². The molecule has 0 bridgehead atoms. The van der Waals surface area contributed by atoms with Gasteiger partial charge in [-0.15, -0.1) is 5.10 Å². The van der Waals surface area contributed by atoms with E-state index >= 15 is 0 Å². The topological polar surface area (TPSA) is 125 Å². The third-order valence-corrected chi connectivity index (χ3v) is 3.83. The Hall–Kier alpha value is -3.88. The Labute approximate surface area is 153 Å². The molecular weight excluding hydrogens is 353 g/mol. The number of urea groups is 1. The number of rotatable bonds is 5. The largest absolute Gasteiger partial charge is 0.496 e. The maximum absolute atomic E-state index is 13.6. The summed E-state index contributed by atoms with van der Waals surface area (Å²) in [6, 6.07) is 10.3. The fourth-order valence-electron chi connectivity index (χ4n) is 2.60. The fourth-order valence-corrected chi connectivity index (χ4v) is 2.60.